The molecular formula is C18H21Cl2N3O2S. The first-order valence-corrected chi connectivity index (χ1v) is 10.0. The van der Waals surface area contributed by atoms with Crippen molar-refractivity contribution in [2.75, 3.05) is 25.0 Å². The van der Waals surface area contributed by atoms with Crippen LogP contribution in [-0.4, -0.2) is 47.6 Å². The van der Waals surface area contributed by atoms with Gasteiger partial charge in [-0.15, -0.1) is 11.3 Å². The van der Waals surface area contributed by atoms with E-state index in [-0.39, 0.29) is 18.1 Å². The molecule has 5 nitrogen and oxygen atoms in total. The Morgan fingerprint density at radius 1 is 1.27 bits per heavy atom. The Labute approximate surface area is 167 Å². The maximum atomic E-state index is 12.3. The number of rotatable bonds is 5. The summed E-state index contributed by atoms with van der Waals surface area (Å²) >= 11 is 13.5. The average Bonchev–Trinajstić information content (AvgIpc) is 2.91. The third kappa shape index (κ3) is 5.66. The Hall–Kier alpha value is -1.18. The molecule has 3 rings (SSSR count). The van der Waals surface area contributed by atoms with Gasteiger partial charge in [0, 0.05) is 40.6 Å². The Morgan fingerprint density at radius 2 is 1.92 bits per heavy atom. The molecule has 2 aromatic rings. The molecule has 1 fully saturated rings. The van der Waals surface area contributed by atoms with Crippen LogP contribution in [0.1, 0.15) is 24.3 Å². The summed E-state index contributed by atoms with van der Waals surface area (Å²) in [6.45, 7) is 5.91. The zero-order valence-electron chi connectivity index (χ0n) is 14.7. The van der Waals surface area contributed by atoms with Crippen LogP contribution in [0.3, 0.4) is 0 Å². The highest BCUT2D eigenvalue weighted by molar-refractivity contribution is 7.15. The average molecular weight is 414 g/mol. The highest BCUT2D eigenvalue weighted by atomic mass is 35.5. The largest absolute Gasteiger partial charge is 0.373 e. The Kier molecular flexibility index (Phi) is 6.53. The fourth-order valence-corrected chi connectivity index (χ4v) is 4.57. The number of halogens is 2. The SMILES string of the molecule is C[C@@H]1CN(CC(=O)Nc2ncc(Cc3cc(Cl)cc(Cl)c3)s2)C[C@@H](C)O1. The number of morpholine rings is 1. The Balaban J connectivity index is 1.55. The van der Waals surface area contributed by atoms with Gasteiger partial charge in [0.25, 0.3) is 0 Å². The van der Waals surface area contributed by atoms with E-state index >= 15 is 0 Å². The van der Waals surface area contributed by atoms with Crippen LogP contribution in [-0.2, 0) is 16.0 Å². The predicted molar refractivity (Wildman–Crippen MR) is 106 cm³/mol. The minimum atomic E-state index is -0.0574. The molecule has 1 N–H and O–H groups in total. The standard InChI is InChI=1S/C18H21Cl2N3O2S/c1-11-8-23(9-12(2)25-11)10-17(24)22-18-21-7-16(26-18)5-13-3-14(19)6-15(20)4-13/h3-4,6-7,11-12H,5,8-10H2,1-2H3,(H,21,22,24)/t11-,12-/m1/s1. The van der Waals surface area contributed by atoms with E-state index in [0.29, 0.717) is 28.1 Å². The van der Waals surface area contributed by atoms with Crippen molar-refractivity contribution in [2.45, 2.75) is 32.5 Å². The molecule has 1 aromatic heterocycles. The number of thiazole rings is 1. The highest BCUT2D eigenvalue weighted by Gasteiger charge is 2.23. The maximum absolute atomic E-state index is 12.3. The topological polar surface area (TPSA) is 54.5 Å². The minimum absolute atomic E-state index is 0.0574. The van der Waals surface area contributed by atoms with E-state index in [4.69, 9.17) is 27.9 Å². The molecule has 26 heavy (non-hydrogen) atoms. The van der Waals surface area contributed by atoms with Crippen LogP contribution in [0.4, 0.5) is 5.13 Å². The molecule has 1 saturated heterocycles. The summed E-state index contributed by atoms with van der Waals surface area (Å²) in [6, 6.07) is 5.47. The highest BCUT2D eigenvalue weighted by Crippen LogP contribution is 2.25. The number of hydrogen-bond acceptors (Lipinski definition) is 5. The van der Waals surface area contributed by atoms with Gasteiger partial charge in [-0.1, -0.05) is 23.2 Å². The number of hydrogen-bond donors (Lipinski definition) is 1. The van der Waals surface area contributed by atoms with E-state index < -0.39 is 0 Å². The lowest BCUT2D eigenvalue weighted by molar-refractivity contribution is -0.121. The van der Waals surface area contributed by atoms with Gasteiger partial charge in [-0.25, -0.2) is 4.98 Å². The summed E-state index contributed by atoms with van der Waals surface area (Å²) < 4.78 is 5.69. The van der Waals surface area contributed by atoms with Crippen LogP contribution in [0.2, 0.25) is 10.0 Å². The van der Waals surface area contributed by atoms with E-state index in [1.54, 1.807) is 12.3 Å². The van der Waals surface area contributed by atoms with Crippen molar-refractivity contribution in [3.63, 3.8) is 0 Å². The number of nitrogens with zero attached hydrogens (tertiary/aromatic N) is 2. The fraction of sp³-hybridized carbons (Fsp3) is 0.444. The van der Waals surface area contributed by atoms with Gasteiger partial charge < -0.3 is 10.1 Å². The van der Waals surface area contributed by atoms with Crippen molar-refractivity contribution in [3.8, 4) is 0 Å². The normalized spacial score (nSPS) is 20.9. The number of ether oxygens (including phenoxy) is 1. The van der Waals surface area contributed by atoms with E-state index in [1.807, 2.05) is 26.0 Å². The first kappa shape index (κ1) is 19.6. The van der Waals surface area contributed by atoms with Crippen molar-refractivity contribution in [3.05, 3.63) is 44.9 Å². The molecule has 1 amide bonds. The van der Waals surface area contributed by atoms with Crippen LogP contribution in [0.5, 0.6) is 0 Å². The van der Waals surface area contributed by atoms with E-state index in [9.17, 15) is 4.79 Å². The molecule has 0 aliphatic carbocycles. The van der Waals surface area contributed by atoms with Gasteiger partial charge >= 0.3 is 0 Å². The summed E-state index contributed by atoms with van der Waals surface area (Å²) in [5.41, 5.74) is 1.01. The van der Waals surface area contributed by atoms with Gasteiger partial charge in [-0.05, 0) is 37.6 Å². The Morgan fingerprint density at radius 3 is 2.58 bits per heavy atom. The van der Waals surface area contributed by atoms with Crippen LogP contribution in [0, 0.1) is 0 Å². The number of anilines is 1. The molecule has 0 unspecified atom stereocenters. The van der Waals surface area contributed by atoms with E-state index in [1.165, 1.54) is 11.3 Å². The first-order chi connectivity index (χ1) is 12.4. The van der Waals surface area contributed by atoms with Gasteiger partial charge in [0.05, 0.1) is 18.8 Å². The third-order valence-electron chi connectivity index (χ3n) is 3.96. The van der Waals surface area contributed by atoms with Crippen LogP contribution in [0.15, 0.2) is 24.4 Å². The molecule has 0 radical (unpaired) electrons. The second-order valence-corrected chi connectivity index (χ2v) is 8.57. The molecule has 2 atom stereocenters. The monoisotopic (exact) mass is 413 g/mol. The quantitative estimate of drug-likeness (QED) is 0.801. The van der Waals surface area contributed by atoms with Crippen LogP contribution in [0.25, 0.3) is 0 Å². The van der Waals surface area contributed by atoms with E-state index in [0.717, 1.165) is 23.5 Å². The van der Waals surface area contributed by atoms with Gasteiger partial charge in [0.2, 0.25) is 5.91 Å². The van der Waals surface area contributed by atoms with Gasteiger partial charge in [0.15, 0.2) is 5.13 Å². The smallest absolute Gasteiger partial charge is 0.240 e. The fourth-order valence-electron chi connectivity index (χ4n) is 3.14. The van der Waals surface area contributed by atoms with Crippen molar-refractivity contribution in [2.24, 2.45) is 0 Å². The molecule has 140 valence electrons. The summed E-state index contributed by atoms with van der Waals surface area (Å²) in [5.74, 6) is -0.0574. The van der Waals surface area contributed by atoms with Crippen molar-refractivity contribution < 1.29 is 9.53 Å². The number of carbonyl (C=O) groups excluding carboxylic acids is 1. The number of nitrogens with one attached hydrogen (secondary N) is 1. The lowest BCUT2D eigenvalue weighted by Gasteiger charge is -2.34. The zero-order chi connectivity index (χ0) is 18.7. The molecule has 0 spiro atoms. The number of aromatic nitrogens is 1. The van der Waals surface area contributed by atoms with Gasteiger partial charge in [0.1, 0.15) is 0 Å². The zero-order valence-corrected chi connectivity index (χ0v) is 17.0. The molecule has 0 saturated carbocycles. The number of amides is 1. The van der Waals surface area contributed by atoms with Gasteiger partial charge in [-0.3, -0.25) is 9.69 Å². The molecule has 0 bridgehead atoms. The first-order valence-electron chi connectivity index (χ1n) is 8.44. The molecule has 8 heteroatoms. The second-order valence-electron chi connectivity index (χ2n) is 6.59. The lowest BCUT2D eigenvalue weighted by atomic mass is 10.1. The molecule has 1 aliphatic heterocycles. The summed E-state index contributed by atoms with van der Waals surface area (Å²) in [4.78, 5) is 19.7. The van der Waals surface area contributed by atoms with Crippen LogP contribution < -0.4 is 5.32 Å². The minimum Gasteiger partial charge on any atom is -0.373 e. The second kappa shape index (κ2) is 8.67. The van der Waals surface area contributed by atoms with Crippen molar-refractivity contribution in [1.82, 2.24) is 9.88 Å². The summed E-state index contributed by atoms with van der Waals surface area (Å²) in [6.07, 6.45) is 2.73. The number of carbonyl (C=O) groups is 1. The third-order valence-corrected chi connectivity index (χ3v) is 5.31. The predicted octanol–water partition coefficient (Wildman–Crippen LogP) is 4.09. The van der Waals surface area contributed by atoms with Crippen molar-refractivity contribution >= 4 is 45.6 Å². The lowest BCUT2D eigenvalue weighted by Crippen LogP contribution is -2.48. The summed E-state index contributed by atoms with van der Waals surface area (Å²) in [7, 11) is 0. The van der Waals surface area contributed by atoms with Gasteiger partial charge in [-0.2, -0.15) is 0 Å². The molecule has 1 aromatic carbocycles. The van der Waals surface area contributed by atoms with E-state index in [2.05, 4.69) is 15.2 Å². The van der Waals surface area contributed by atoms with Crippen molar-refractivity contribution in [1.29, 1.82) is 0 Å². The molecule has 1 aliphatic rings. The maximum Gasteiger partial charge on any atom is 0.240 e. The van der Waals surface area contributed by atoms with Crippen LogP contribution >= 0.6 is 34.5 Å². The molecular weight excluding hydrogens is 393 g/mol. The Bertz CT molecular complexity index is 753. The number of benzene rings is 1. The molecule has 2 heterocycles. The summed E-state index contributed by atoms with van der Waals surface area (Å²) in [5, 5.41) is 4.71.